The number of nitrogens with one attached hydrogen (secondary N) is 1. The van der Waals surface area contributed by atoms with Crippen molar-refractivity contribution in [3.05, 3.63) is 52.3 Å². The van der Waals surface area contributed by atoms with Gasteiger partial charge in [-0.05, 0) is 0 Å². The molecule has 0 aromatic carbocycles. The molecule has 9 heteroatoms. The number of thiazole rings is 1. The highest BCUT2D eigenvalue weighted by Crippen LogP contribution is 2.16. The molecule has 1 aliphatic rings. The summed E-state index contributed by atoms with van der Waals surface area (Å²) < 4.78 is 3.78. The van der Waals surface area contributed by atoms with Gasteiger partial charge in [-0.1, -0.05) is 0 Å². The third kappa shape index (κ3) is 3.62. The van der Waals surface area contributed by atoms with E-state index in [0.29, 0.717) is 12.1 Å². The van der Waals surface area contributed by atoms with Crippen molar-refractivity contribution < 1.29 is 4.79 Å². The molecular weight excluding hydrogens is 338 g/mol. The molecular formula is C16H19N7OS. The number of carbonyl (C=O) groups excluding carboxylic acids is 1. The minimum absolute atomic E-state index is 0.135. The first-order valence-corrected chi connectivity index (χ1v) is 8.98. The Hall–Kier alpha value is -2.52. The topological polar surface area (TPSA) is 80.9 Å². The number of imidazole rings is 1. The van der Waals surface area contributed by atoms with Crippen LogP contribution in [0, 0.1) is 0 Å². The van der Waals surface area contributed by atoms with Gasteiger partial charge in [0.25, 0.3) is 5.91 Å². The van der Waals surface area contributed by atoms with Crippen LogP contribution in [0.4, 0.5) is 0 Å². The first-order valence-electron chi connectivity index (χ1n) is 8.10. The first-order chi connectivity index (χ1) is 12.2. The van der Waals surface area contributed by atoms with Crippen LogP contribution in [-0.4, -0.2) is 41.7 Å². The molecule has 0 bridgehead atoms. The van der Waals surface area contributed by atoms with E-state index in [-0.39, 0.29) is 5.91 Å². The van der Waals surface area contributed by atoms with Gasteiger partial charge in [-0.25, -0.2) is 9.97 Å². The average molecular weight is 357 g/mol. The lowest BCUT2D eigenvalue weighted by molar-refractivity contribution is 0.0950. The molecule has 0 atom stereocenters. The van der Waals surface area contributed by atoms with Crippen LogP contribution in [0.1, 0.15) is 26.9 Å². The summed E-state index contributed by atoms with van der Waals surface area (Å²) in [6.07, 6.45) is 7.13. The Morgan fingerprint density at radius 2 is 2.28 bits per heavy atom. The lowest BCUT2D eigenvalue weighted by Gasteiger charge is -2.26. The summed E-state index contributed by atoms with van der Waals surface area (Å²) in [5.74, 6) is 0.901. The molecule has 0 fully saturated rings. The monoisotopic (exact) mass is 357 g/mol. The summed E-state index contributed by atoms with van der Waals surface area (Å²) >= 11 is 1.68. The summed E-state index contributed by atoms with van der Waals surface area (Å²) in [6.45, 7) is 3.96. The normalized spacial score (nSPS) is 14.4. The van der Waals surface area contributed by atoms with Gasteiger partial charge in [0.15, 0.2) is 0 Å². The second-order valence-electron chi connectivity index (χ2n) is 6.06. The molecule has 4 rings (SSSR count). The SMILES string of the molecule is Cn1cc(C(=O)NCc2cn3c(n2)CN(Cc2nccs2)CC3)cn1. The highest BCUT2D eigenvalue weighted by molar-refractivity contribution is 7.09. The molecule has 3 aromatic heterocycles. The second-order valence-corrected chi connectivity index (χ2v) is 7.04. The molecule has 3 aromatic rings. The van der Waals surface area contributed by atoms with Crippen molar-refractivity contribution in [1.29, 1.82) is 0 Å². The summed E-state index contributed by atoms with van der Waals surface area (Å²) in [6, 6.07) is 0. The minimum Gasteiger partial charge on any atom is -0.346 e. The van der Waals surface area contributed by atoms with E-state index in [1.165, 1.54) is 0 Å². The Labute approximate surface area is 149 Å². The van der Waals surface area contributed by atoms with Gasteiger partial charge in [0, 0.05) is 44.1 Å². The van der Waals surface area contributed by atoms with Crippen molar-refractivity contribution >= 4 is 17.2 Å². The maximum Gasteiger partial charge on any atom is 0.254 e. The Morgan fingerprint density at radius 3 is 3.04 bits per heavy atom. The molecule has 0 saturated carbocycles. The van der Waals surface area contributed by atoms with Crippen LogP contribution in [0.2, 0.25) is 0 Å². The Kier molecular flexibility index (Phi) is 4.33. The average Bonchev–Trinajstić information content (AvgIpc) is 3.33. The van der Waals surface area contributed by atoms with Gasteiger partial charge in [-0.15, -0.1) is 11.3 Å². The Balaban J connectivity index is 1.36. The fraction of sp³-hybridized carbons (Fsp3) is 0.375. The largest absolute Gasteiger partial charge is 0.346 e. The van der Waals surface area contributed by atoms with Crippen LogP contribution < -0.4 is 5.32 Å². The fourth-order valence-electron chi connectivity index (χ4n) is 2.92. The molecule has 0 saturated heterocycles. The number of carbonyl (C=O) groups is 1. The first kappa shape index (κ1) is 16.0. The number of hydrogen-bond acceptors (Lipinski definition) is 6. The molecule has 25 heavy (non-hydrogen) atoms. The van der Waals surface area contributed by atoms with E-state index < -0.39 is 0 Å². The molecule has 1 N–H and O–H groups in total. The molecule has 4 heterocycles. The molecule has 8 nitrogen and oxygen atoms in total. The zero-order chi connectivity index (χ0) is 17.2. The zero-order valence-electron chi connectivity index (χ0n) is 13.9. The smallest absolute Gasteiger partial charge is 0.254 e. The number of fused-ring (bicyclic) bond motifs is 1. The van der Waals surface area contributed by atoms with Gasteiger partial charge in [0.05, 0.1) is 37.1 Å². The van der Waals surface area contributed by atoms with E-state index in [9.17, 15) is 4.79 Å². The number of aromatic nitrogens is 5. The number of amides is 1. The summed E-state index contributed by atoms with van der Waals surface area (Å²) in [5.41, 5.74) is 1.43. The minimum atomic E-state index is -0.135. The van der Waals surface area contributed by atoms with Crippen molar-refractivity contribution in [2.24, 2.45) is 7.05 Å². The van der Waals surface area contributed by atoms with Crippen LogP contribution in [0.15, 0.2) is 30.2 Å². The van der Waals surface area contributed by atoms with E-state index in [2.05, 4.69) is 29.9 Å². The molecule has 0 radical (unpaired) electrons. The zero-order valence-corrected chi connectivity index (χ0v) is 14.7. The highest BCUT2D eigenvalue weighted by Gasteiger charge is 2.19. The Bertz CT molecular complexity index is 867. The maximum absolute atomic E-state index is 12.1. The predicted molar refractivity (Wildman–Crippen MR) is 92.8 cm³/mol. The van der Waals surface area contributed by atoms with Gasteiger partial charge in [-0.3, -0.25) is 14.4 Å². The van der Waals surface area contributed by atoms with Gasteiger partial charge < -0.3 is 9.88 Å². The van der Waals surface area contributed by atoms with E-state index in [0.717, 1.165) is 42.7 Å². The van der Waals surface area contributed by atoms with Crippen molar-refractivity contribution in [3.63, 3.8) is 0 Å². The van der Waals surface area contributed by atoms with Crippen LogP contribution in [0.25, 0.3) is 0 Å². The number of aryl methyl sites for hydroxylation is 1. The van der Waals surface area contributed by atoms with Gasteiger partial charge >= 0.3 is 0 Å². The molecule has 1 amide bonds. The fourth-order valence-corrected chi connectivity index (χ4v) is 3.57. The lowest BCUT2D eigenvalue weighted by Crippen LogP contribution is -2.33. The number of rotatable bonds is 5. The third-order valence-electron chi connectivity index (χ3n) is 4.17. The maximum atomic E-state index is 12.1. The van der Waals surface area contributed by atoms with Crippen molar-refractivity contribution in [3.8, 4) is 0 Å². The lowest BCUT2D eigenvalue weighted by atomic mass is 10.3. The predicted octanol–water partition coefficient (Wildman–Crippen LogP) is 1.02. The molecule has 130 valence electrons. The van der Waals surface area contributed by atoms with Gasteiger partial charge in [0.1, 0.15) is 10.8 Å². The van der Waals surface area contributed by atoms with Crippen molar-refractivity contribution in [1.82, 2.24) is 34.5 Å². The Morgan fingerprint density at radius 1 is 1.36 bits per heavy atom. The standard InChI is InChI=1S/C16H19N7OS/c1-21-8-12(6-19-21)16(24)18-7-13-9-23-4-3-22(10-14(23)20-13)11-15-17-2-5-25-15/h2,5-6,8-9H,3-4,7,10-11H2,1H3,(H,18,24). The summed E-state index contributed by atoms with van der Waals surface area (Å²) in [5, 5.41) is 10.0. The van der Waals surface area contributed by atoms with E-state index in [4.69, 9.17) is 0 Å². The second kappa shape index (κ2) is 6.77. The van der Waals surface area contributed by atoms with E-state index >= 15 is 0 Å². The molecule has 1 aliphatic heterocycles. The van der Waals surface area contributed by atoms with E-state index in [1.807, 2.05) is 17.8 Å². The van der Waals surface area contributed by atoms with Crippen LogP contribution in [0.3, 0.4) is 0 Å². The summed E-state index contributed by atoms with van der Waals surface area (Å²) in [7, 11) is 1.79. The molecule has 0 unspecified atom stereocenters. The molecule has 0 aliphatic carbocycles. The third-order valence-corrected chi connectivity index (χ3v) is 4.94. The number of nitrogens with zero attached hydrogens (tertiary/aromatic N) is 6. The quantitative estimate of drug-likeness (QED) is 0.737. The number of hydrogen-bond donors (Lipinski definition) is 1. The van der Waals surface area contributed by atoms with Gasteiger partial charge in [-0.2, -0.15) is 5.10 Å². The van der Waals surface area contributed by atoms with Crippen LogP contribution in [-0.2, 0) is 33.2 Å². The van der Waals surface area contributed by atoms with Gasteiger partial charge in [0.2, 0.25) is 0 Å². The van der Waals surface area contributed by atoms with Crippen molar-refractivity contribution in [2.75, 3.05) is 6.54 Å². The van der Waals surface area contributed by atoms with Crippen molar-refractivity contribution in [2.45, 2.75) is 26.2 Å². The summed E-state index contributed by atoms with van der Waals surface area (Å²) in [4.78, 5) is 23.5. The van der Waals surface area contributed by atoms with Crippen LogP contribution >= 0.6 is 11.3 Å². The van der Waals surface area contributed by atoms with Crippen LogP contribution in [0.5, 0.6) is 0 Å². The molecule has 0 spiro atoms. The highest BCUT2D eigenvalue weighted by atomic mass is 32.1. The van der Waals surface area contributed by atoms with E-state index in [1.54, 1.807) is 35.5 Å².